The Bertz CT molecular complexity index is 841. The molecule has 5 nitrogen and oxygen atoms in total. The first-order valence-electron chi connectivity index (χ1n) is 9.86. The van der Waals surface area contributed by atoms with Gasteiger partial charge in [-0.15, -0.1) is 0 Å². The van der Waals surface area contributed by atoms with Crippen LogP contribution in [0.1, 0.15) is 29.5 Å². The van der Waals surface area contributed by atoms with Gasteiger partial charge >= 0.3 is 0 Å². The van der Waals surface area contributed by atoms with Gasteiger partial charge in [0.1, 0.15) is 0 Å². The van der Waals surface area contributed by atoms with E-state index in [4.69, 9.17) is 14.2 Å². The molecule has 4 rings (SSSR count). The number of piperidine rings is 1. The molecule has 0 bridgehead atoms. The number of nitrogens with zero attached hydrogens (tertiary/aromatic N) is 1. The predicted octanol–water partition coefficient (Wildman–Crippen LogP) is 3.34. The fourth-order valence-electron chi connectivity index (χ4n) is 4.40. The molecule has 5 heteroatoms. The highest BCUT2D eigenvalue weighted by Gasteiger charge is 2.42. The first-order chi connectivity index (χ1) is 13.6. The number of carbonyl (C=O) groups excluding carboxylic acids is 1. The number of hydrogen-bond donors (Lipinski definition) is 0. The van der Waals surface area contributed by atoms with Gasteiger partial charge in [0, 0.05) is 13.1 Å². The van der Waals surface area contributed by atoms with Crippen molar-refractivity contribution < 1.29 is 19.0 Å². The molecule has 0 aromatic heterocycles. The molecule has 2 heterocycles. The summed E-state index contributed by atoms with van der Waals surface area (Å²) < 4.78 is 17.3. The Morgan fingerprint density at radius 2 is 1.75 bits per heavy atom. The van der Waals surface area contributed by atoms with Crippen LogP contribution in [0.15, 0.2) is 42.5 Å². The zero-order valence-corrected chi connectivity index (χ0v) is 16.6. The molecule has 0 unspecified atom stereocenters. The smallest absolute Gasteiger partial charge is 0.226 e. The maximum Gasteiger partial charge on any atom is 0.226 e. The number of benzene rings is 2. The molecular formula is C23H27NO4. The summed E-state index contributed by atoms with van der Waals surface area (Å²) in [4.78, 5) is 14.7. The number of fused-ring (bicyclic) bond motifs is 2. The van der Waals surface area contributed by atoms with E-state index in [1.54, 1.807) is 14.2 Å². The van der Waals surface area contributed by atoms with Gasteiger partial charge in [-0.25, -0.2) is 0 Å². The molecule has 0 N–H and O–H groups in total. The van der Waals surface area contributed by atoms with Crippen LogP contribution >= 0.6 is 0 Å². The van der Waals surface area contributed by atoms with Crippen molar-refractivity contribution in [1.82, 2.24) is 4.90 Å². The molecule has 0 atom stereocenters. The summed E-state index contributed by atoms with van der Waals surface area (Å²) in [5, 5.41) is 0. The van der Waals surface area contributed by atoms with E-state index in [1.807, 2.05) is 35.2 Å². The molecule has 28 heavy (non-hydrogen) atoms. The maximum atomic E-state index is 12.7. The summed E-state index contributed by atoms with van der Waals surface area (Å²) in [6.07, 6.45) is 2.93. The summed E-state index contributed by atoms with van der Waals surface area (Å²) in [5.41, 5.74) is 3.17. The molecule has 0 saturated carbocycles. The Balaban J connectivity index is 1.51. The number of ether oxygens (including phenoxy) is 3. The molecule has 0 aliphatic carbocycles. The van der Waals surface area contributed by atoms with Crippen molar-refractivity contribution in [2.45, 2.75) is 31.3 Å². The largest absolute Gasteiger partial charge is 0.493 e. The Labute approximate surface area is 166 Å². The molecular weight excluding hydrogens is 354 g/mol. The van der Waals surface area contributed by atoms with Gasteiger partial charge in [0.15, 0.2) is 11.5 Å². The highest BCUT2D eigenvalue weighted by atomic mass is 16.5. The van der Waals surface area contributed by atoms with E-state index < -0.39 is 0 Å². The fraction of sp³-hybridized carbons (Fsp3) is 0.435. The van der Waals surface area contributed by atoms with Crippen LogP contribution in [0.2, 0.25) is 0 Å². The Morgan fingerprint density at radius 3 is 2.43 bits per heavy atom. The van der Waals surface area contributed by atoms with Crippen molar-refractivity contribution in [3.63, 3.8) is 0 Å². The molecule has 2 aliphatic rings. The van der Waals surface area contributed by atoms with Crippen LogP contribution in [0.4, 0.5) is 0 Å². The summed E-state index contributed by atoms with van der Waals surface area (Å²) in [5.74, 6) is 1.67. The molecule has 1 saturated heterocycles. The number of carbonyl (C=O) groups is 1. The van der Waals surface area contributed by atoms with Gasteiger partial charge in [0.2, 0.25) is 5.91 Å². The van der Waals surface area contributed by atoms with Gasteiger partial charge in [-0.3, -0.25) is 4.79 Å². The lowest BCUT2D eigenvalue weighted by molar-refractivity contribution is -0.140. The number of likely N-dealkylation sites (tertiary alicyclic amines) is 1. The van der Waals surface area contributed by atoms with Gasteiger partial charge in [-0.2, -0.15) is 0 Å². The van der Waals surface area contributed by atoms with Crippen LogP contribution in [0.5, 0.6) is 11.5 Å². The van der Waals surface area contributed by atoms with Crippen LogP contribution in [0.25, 0.3) is 0 Å². The molecule has 148 valence electrons. The van der Waals surface area contributed by atoms with E-state index in [-0.39, 0.29) is 11.5 Å². The van der Waals surface area contributed by atoms with E-state index in [1.165, 1.54) is 11.1 Å². The number of methoxy groups -OCH3 is 2. The normalized spacial score (nSPS) is 17.9. The molecule has 2 aromatic rings. The SMILES string of the molecule is COc1cc2c(cc1OC)C1(CCN(C(=O)Cc3ccccc3)CC1)OCC2. The van der Waals surface area contributed by atoms with Crippen molar-refractivity contribution in [1.29, 1.82) is 0 Å². The Kier molecular flexibility index (Phi) is 5.27. The third-order valence-electron chi connectivity index (χ3n) is 5.97. The number of rotatable bonds is 4. The second-order valence-electron chi connectivity index (χ2n) is 7.50. The molecule has 1 spiro atoms. The zero-order chi connectivity index (χ0) is 19.6. The summed E-state index contributed by atoms with van der Waals surface area (Å²) in [6.45, 7) is 2.11. The minimum atomic E-state index is -0.337. The van der Waals surface area contributed by atoms with Crippen LogP contribution in [0.3, 0.4) is 0 Å². The lowest BCUT2D eigenvalue weighted by Crippen LogP contribution is -2.48. The third kappa shape index (κ3) is 3.47. The van der Waals surface area contributed by atoms with E-state index in [9.17, 15) is 4.79 Å². The lowest BCUT2D eigenvalue weighted by Gasteiger charge is -2.45. The van der Waals surface area contributed by atoms with Crippen molar-refractivity contribution in [2.75, 3.05) is 33.9 Å². The Morgan fingerprint density at radius 1 is 1.07 bits per heavy atom. The lowest BCUT2D eigenvalue weighted by atomic mass is 9.79. The van der Waals surface area contributed by atoms with Gasteiger partial charge in [0.25, 0.3) is 0 Å². The summed E-state index contributed by atoms with van der Waals surface area (Å²) >= 11 is 0. The highest BCUT2D eigenvalue weighted by Crippen LogP contribution is 2.45. The average Bonchev–Trinajstić information content (AvgIpc) is 2.74. The van der Waals surface area contributed by atoms with Crippen LogP contribution < -0.4 is 9.47 Å². The van der Waals surface area contributed by atoms with Crippen molar-refractivity contribution in [3.05, 3.63) is 59.2 Å². The van der Waals surface area contributed by atoms with Crippen LogP contribution in [-0.4, -0.2) is 44.7 Å². The van der Waals surface area contributed by atoms with Crippen molar-refractivity contribution >= 4 is 5.91 Å². The van der Waals surface area contributed by atoms with Gasteiger partial charge in [-0.1, -0.05) is 30.3 Å². The Hall–Kier alpha value is -2.53. The van der Waals surface area contributed by atoms with Crippen LogP contribution in [0, 0.1) is 0 Å². The molecule has 1 fully saturated rings. The second-order valence-corrected chi connectivity index (χ2v) is 7.50. The molecule has 0 radical (unpaired) electrons. The van der Waals surface area contributed by atoms with Crippen molar-refractivity contribution in [3.8, 4) is 11.5 Å². The average molecular weight is 381 g/mol. The molecule has 1 amide bonds. The van der Waals surface area contributed by atoms with Gasteiger partial charge < -0.3 is 19.1 Å². The standard InChI is InChI=1S/C23H27NO4/c1-26-20-15-18-8-13-28-23(19(18)16-21(20)27-2)9-11-24(12-10-23)22(25)14-17-6-4-3-5-7-17/h3-7,15-16H,8-14H2,1-2H3. The second kappa shape index (κ2) is 7.84. The molecule has 2 aromatic carbocycles. The van der Waals surface area contributed by atoms with E-state index in [0.717, 1.165) is 36.3 Å². The van der Waals surface area contributed by atoms with E-state index >= 15 is 0 Å². The van der Waals surface area contributed by atoms with E-state index in [0.29, 0.717) is 26.1 Å². The van der Waals surface area contributed by atoms with Crippen LogP contribution in [-0.2, 0) is 28.0 Å². The first-order valence-corrected chi connectivity index (χ1v) is 9.86. The fourth-order valence-corrected chi connectivity index (χ4v) is 4.40. The van der Waals surface area contributed by atoms with E-state index in [2.05, 4.69) is 12.1 Å². The summed E-state index contributed by atoms with van der Waals surface area (Å²) in [6, 6.07) is 14.1. The minimum absolute atomic E-state index is 0.185. The maximum absolute atomic E-state index is 12.7. The third-order valence-corrected chi connectivity index (χ3v) is 5.97. The topological polar surface area (TPSA) is 48.0 Å². The first kappa shape index (κ1) is 18.8. The zero-order valence-electron chi connectivity index (χ0n) is 16.6. The quantitative estimate of drug-likeness (QED) is 0.815. The minimum Gasteiger partial charge on any atom is -0.493 e. The number of amides is 1. The van der Waals surface area contributed by atoms with Gasteiger partial charge in [-0.05, 0) is 48.1 Å². The predicted molar refractivity (Wildman–Crippen MR) is 107 cm³/mol. The molecule has 2 aliphatic heterocycles. The number of hydrogen-bond acceptors (Lipinski definition) is 4. The highest BCUT2D eigenvalue weighted by molar-refractivity contribution is 5.79. The van der Waals surface area contributed by atoms with Gasteiger partial charge in [0.05, 0.1) is 32.8 Å². The monoisotopic (exact) mass is 381 g/mol. The van der Waals surface area contributed by atoms with Crippen molar-refractivity contribution in [2.24, 2.45) is 0 Å². The summed E-state index contributed by atoms with van der Waals surface area (Å²) in [7, 11) is 3.32.